The van der Waals surface area contributed by atoms with Crippen LogP contribution in [-0.4, -0.2) is 24.2 Å². The molecule has 0 amide bonds. The lowest BCUT2D eigenvalue weighted by Gasteiger charge is -2.14. The van der Waals surface area contributed by atoms with Crippen molar-refractivity contribution < 1.29 is 9.84 Å². The summed E-state index contributed by atoms with van der Waals surface area (Å²) in [6, 6.07) is 13.8. The summed E-state index contributed by atoms with van der Waals surface area (Å²) in [4.78, 5) is 4.64. The first-order valence-corrected chi connectivity index (χ1v) is 9.21. The number of nitrogens with zero attached hydrogens (tertiary/aromatic N) is 1. The number of benzene rings is 2. The number of aromatic hydroxyl groups is 1. The second kappa shape index (κ2) is 12.4. The number of ether oxygens (including phenoxy) is 1. The molecule has 0 aliphatic rings. The van der Waals surface area contributed by atoms with Crippen LogP contribution in [0.2, 0.25) is 0 Å². The van der Waals surface area contributed by atoms with Crippen LogP contribution in [0.15, 0.2) is 47.5 Å². The zero-order chi connectivity index (χ0) is 18.8. The highest BCUT2D eigenvalue weighted by molar-refractivity contribution is 14.0. The average Bonchev–Trinajstić information content (AvgIpc) is 2.66. The topological polar surface area (TPSA) is 65.9 Å². The average molecular weight is 483 g/mol. The normalized spacial score (nSPS) is 10.9. The van der Waals surface area contributed by atoms with Crippen LogP contribution in [0.1, 0.15) is 37.5 Å². The Kier molecular flexibility index (Phi) is 10.6. The molecule has 0 bridgehead atoms. The van der Waals surface area contributed by atoms with Gasteiger partial charge in [-0.15, -0.1) is 24.0 Å². The number of halogens is 1. The molecule has 2 aromatic rings. The van der Waals surface area contributed by atoms with Gasteiger partial charge in [0.15, 0.2) is 17.5 Å². The van der Waals surface area contributed by atoms with Crippen molar-refractivity contribution in [3.8, 4) is 11.5 Å². The van der Waals surface area contributed by atoms with Crippen molar-refractivity contribution in [2.24, 2.45) is 4.99 Å². The summed E-state index contributed by atoms with van der Waals surface area (Å²) in [5, 5.41) is 16.5. The van der Waals surface area contributed by atoms with Gasteiger partial charge in [0.25, 0.3) is 0 Å². The Labute approximate surface area is 179 Å². The van der Waals surface area contributed by atoms with Gasteiger partial charge in [-0.1, -0.05) is 37.3 Å². The molecule has 5 nitrogen and oxygen atoms in total. The maximum atomic E-state index is 9.80. The van der Waals surface area contributed by atoms with Gasteiger partial charge in [-0.3, -0.25) is 0 Å². The molecule has 0 aliphatic carbocycles. The molecule has 0 atom stereocenters. The molecule has 27 heavy (non-hydrogen) atoms. The van der Waals surface area contributed by atoms with Crippen LogP contribution in [0.3, 0.4) is 0 Å². The fourth-order valence-electron chi connectivity index (χ4n) is 2.69. The Morgan fingerprint density at radius 1 is 1.04 bits per heavy atom. The molecule has 0 saturated heterocycles. The van der Waals surface area contributed by atoms with Gasteiger partial charge < -0.3 is 20.5 Å². The second-order valence-electron chi connectivity index (χ2n) is 5.91. The van der Waals surface area contributed by atoms with E-state index in [9.17, 15) is 5.11 Å². The molecule has 0 heterocycles. The maximum absolute atomic E-state index is 9.80. The molecule has 6 heteroatoms. The number of phenolic OH excluding ortho intramolecular Hbond substituents is 1. The fraction of sp³-hybridized carbons (Fsp3) is 0.381. The molecule has 0 spiro atoms. The molecule has 0 aliphatic heterocycles. The van der Waals surface area contributed by atoms with Crippen molar-refractivity contribution in [1.82, 2.24) is 10.6 Å². The van der Waals surface area contributed by atoms with Crippen LogP contribution in [0.4, 0.5) is 0 Å². The van der Waals surface area contributed by atoms with Gasteiger partial charge >= 0.3 is 0 Å². The molecule has 2 rings (SSSR count). The van der Waals surface area contributed by atoms with E-state index >= 15 is 0 Å². The Morgan fingerprint density at radius 2 is 1.78 bits per heavy atom. The van der Waals surface area contributed by atoms with Gasteiger partial charge in [-0.2, -0.15) is 0 Å². The predicted octanol–water partition coefficient (Wildman–Crippen LogP) is 4.23. The number of aliphatic imine (C=N–C) groups is 1. The Balaban J connectivity index is 0.00000364. The number of hydrogen-bond acceptors (Lipinski definition) is 3. The molecule has 2 aromatic carbocycles. The lowest BCUT2D eigenvalue weighted by molar-refractivity contribution is 0.318. The highest BCUT2D eigenvalue weighted by atomic mass is 127. The summed E-state index contributed by atoms with van der Waals surface area (Å²) in [6.45, 7) is 8.65. The molecule has 0 aromatic heterocycles. The molecular weight excluding hydrogens is 453 g/mol. The van der Waals surface area contributed by atoms with E-state index in [1.165, 1.54) is 11.1 Å². The summed E-state index contributed by atoms with van der Waals surface area (Å²) < 4.78 is 5.43. The van der Waals surface area contributed by atoms with E-state index in [0.717, 1.165) is 31.0 Å². The van der Waals surface area contributed by atoms with Gasteiger partial charge in [0.2, 0.25) is 0 Å². The highest BCUT2D eigenvalue weighted by Gasteiger charge is 2.05. The van der Waals surface area contributed by atoms with Gasteiger partial charge in [-0.25, -0.2) is 4.99 Å². The van der Waals surface area contributed by atoms with Crippen LogP contribution in [-0.2, 0) is 19.5 Å². The van der Waals surface area contributed by atoms with Crippen LogP contribution in [0.5, 0.6) is 11.5 Å². The van der Waals surface area contributed by atoms with E-state index in [-0.39, 0.29) is 29.7 Å². The monoisotopic (exact) mass is 483 g/mol. The highest BCUT2D eigenvalue weighted by Crippen LogP contribution is 2.27. The molecule has 0 radical (unpaired) electrons. The third kappa shape index (κ3) is 7.28. The molecule has 0 unspecified atom stereocenters. The Hall–Kier alpha value is -1.96. The molecule has 0 fully saturated rings. The fourth-order valence-corrected chi connectivity index (χ4v) is 2.69. The largest absolute Gasteiger partial charge is 0.504 e. The smallest absolute Gasteiger partial charge is 0.191 e. The van der Waals surface area contributed by atoms with Crippen LogP contribution in [0.25, 0.3) is 0 Å². The number of hydrogen-bond donors (Lipinski definition) is 3. The van der Waals surface area contributed by atoms with Crippen molar-refractivity contribution in [2.45, 2.75) is 40.3 Å². The summed E-state index contributed by atoms with van der Waals surface area (Å²) in [5.74, 6) is 1.42. The van der Waals surface area contributed by atoms with Crippen molar-refractivity contribution in [2.75, 3.05) is 13.2 Å². The van der Waals surface area contributed by atoms with Crippen LogP contribution in [0, 0.1) is 0 Å². The maximum Gasteiger partial charge on any atom is 0.191 e. The summed E-state index contributed by atoms with van der Waals surface area (Å²) in [5.41, 5.74) is 3.61. The number of rotatable bonds is 8. The predicted molar refractivity (Wildman–Crippen MR) is 122 cm³/mol. The van der Waals surface area contributed by atoms with Crippen molar-refractivity contribution in [3.63, 3.8) is 0 Å². The van der Waals surface area contributed by atoms with E-state index in [1.54, 1.807) is 6.07 Å². The van der Waals surface area contributed by atoms with Crippen LogP contribution >= 0.6 is 24.0 Å². The van der Waals surface area contributed by atoms with E-state index in [2.05, 4.69) is 46.8 Å². The van der Waals surface area contributed by atoms with E-state index < -0.39 is 0 Å². The SMILES string of the molecule is CCNC(=NCc1ccc(O)c(OCC)c1)NCc1ccccc1CC.I. The third-order valence-electron chi connectivity index (χ3n) is 4.03. The van der Waals surface area contributed by atoms with Gasteiger partial charge in [0, 0.05) is 13.1 Å². The first kappa shape index (κ1) is 23.1. The van der Waals surface area contributed by atoms with Gasteiger partial charge in [0.05, 0.1) is 13.2 Å². The minimum absolute atomic E-state index is 0. The lowest BCUT2D eigenvalue weighted by atomic mass is 10.1. The van der Waals surface area contributed by atoms with Crippen molar-refractivity contribution >= 4 is 29.9 Å². The van der Waals surface area contributed by atoms with Crippen LogP contribution < -0.4 is 15.4 Å². The zero-order valence-electron chi connectivity index (χ0n) is 16.3. The van der Waals surface area contributed by atoms with Gasteiger partial charge in [0.1, 0.15) is 0 Å². The van der Waals surface area contributed by atoms with Crippen molar-refractivity contribution in [3.05, 3.63) is 59.2 Å². The molecular formula is C21H30IN3O2. The second-order valence-corrected chi connectivity index (χ2v) is 5.91. The summed E-state index contributed by atoms with van der Waals surface area (Å²) in [6.07, 6.45) is 1.01. The van der Waals surface area contributed by atoms with Crippen molar-refractivity contribution in [1.29, 1.82) is 0 Å². The standard InChI is InChI=1S/C21H29N3O2.HI/c1-4-17-9-7-8-10-18(17)15-24-21(22-5-2)23-14-16-11-12-19(25)20(13-16)26-6-3;/h7-13,25H,4-6,14-15H2,1-3H3,(H2,22,23,24);1H. The molecule has 0 saturated carbocycles. The quantitative estimate of drug-likeness (QED) is 0.299. The minimum atomic E-state index is 0. The van der Waals surface area contributed by atoms with E-state index in [1.807, 2.05) is 26.0 Å². The Morgan fingerprint density at radius 3 is 2.44 bits per heavy atom. The minimum Gasteiger partial charge on any atom is -0.504 e. The number of guanidine groups is 1. The number of nitrogens with one attached hydrogen (secondary N) is 2. The summed E-state index contributed by atoms with van der Waals surface area (Å²) in [7, 11) is 0. The third-order valence-corrected chi connectivity index (χ3v) is 4.03. The number of aryl methyl sites for hydroxylation is 1. The first-order chi connectivity index (χ1) is 12.7. The molecule has 3 N–H and O–H groups in total. The Bertz CT molecular complexity index is 735. The lowest BCUT2D eigenvalue weighted by Crippen LogP contribution is -2.37. The van der Waals surface area contributed by atoms with E-state index in [4.69, 9.17) is 4.74 Å². The first-order valence-electron chi connectivity index (χ1n) is 9.21. The van der Waals surface area contributed by atoms with E-state index in [0.29, 0.717) is 18.9 Å². The molecule has 148 valence electrons. The summed E-state index contributed by atoms with van der Waals surface area (Å²) >= 11 is 0. The zero-order valence-corrected chi connectivity index (χ0v) is 18.6. The number of phenols is 1. The van der Waals surface area contributed by atoms with Gasteiger partial charge in [-0.05, 0) is 49.1 Å².